The molecule has 0 saturated heterocycles. The summed E-state index contributed by atoms with van der Waals surface area (Å²) in [6.45, 7) is 3.57. The lowest BCUT2D eigenvalue weighted by molar-refractivity contribution is -0.135. The lowest BCUT2D eigenvalue weighted by Crippen LogP contribution is -2.15. The van der Waals surface area contributed by atoms with E-state index in [-0.39, 0.29) is 12.3 Å². The van der Waals surface area contributed by atoms with Crippen molar-refractivity contribution in [3.63, 3.8) is 0 Å². The van der Waals surface area contributed by atoms with E-state index in [4.69, 9.17) is 11.1 Å². The Morgan fingerprint density at radius 3 is 2.64 bits per heavy atom. The molecule has 11 heavy (non-hydrogen) atoms. The van der Waals surface area contributed by atoms with Gasteiger partial charge in [-0.05, 0) is 19.9 Å². The maximum Gasteiger partial charge on any atom is 0.356 e. The van der Waals surface area contributed by atoms with Gasteiger partial charge in [-0.15, -0.1) is 0 Å². The predicted molar refractivity (Wildman–Crippen MR) is 42.3 cm³/mol. The zero-order valence-electron chi connectivity index (χ0n) is 6.68. The average molecular weight is 156 g/mol. The lowest BCUT2D eigenvalue weighted by atomic mass is 10.3. The largest absolute Gasteiger partial charge is 0.461 e. The van der Waals surface area contributed by atoms with Gasteiger partial charge in [-0.3, -0.25) is 5.41 Å². The van der Waals surface area contributed by atoms with Gasteiger partial charge < -0.3 is 10.5 Å². The van der Waals surface area contributed by atoms with Crippen LogP contribution in [-0.2, 0) is 9.53 Å². The van der Waals surface area contributed by atoms with Gasteiger partial charge in [0.15, 0.2) is 0 Å². The molecule has 0 aliphatic heterocycles. The molecule has 0 aliphatic rings. The van der Waals surface area contributed by atoms with Gasteiger partial charge in [-0.2, -0.15) is 0 Å². The number of hydrogen-bond acceptors (Lipinski definition) is 4. The van der Waals surface area contributed by atoms with Gasteiger partial charge in [0.2, 0.25) is 0 Å². The van der Waals surface area contributed by atoms with E-state index in [0.717, 1.165) is 0 Å². The summed E-state index contributed by atoms with van der Waals surface area (Å²) in [5, 5.41) is 7.10. The second-order valence-corrected chi connectivity index (χ2v) is 2.02. The third kappa shape index (κ3) is 4.13. The zero-order chi connectivity index (χ0) is 8.85. The van der Waals surface area contributed by atoms with Crippen LogP contribution in [0.3, 0.4) is 0 Å². The first kappa shape index (κ1) is 9.68. The van der Waals surface area contributed by atoms with E-state index in [2.05, 4.69) is 4.74 Å². The van der Waals surface area contributed by atoms with Crippen molar-refractivity contribution >= 4 is 11.7 Å². The first-order chi connectivity index (χ1) is 5.07. The van der Waals surface area contributed by atoms with Gasteiger partial charge in [0.05, 0.1) is 6.61 Å². The number of carbonyl (C=O) groups excluding carboxylic acids is 1. The Kier molecular flexibility index (Phi) is 3.95. The average Bonchev–Trinajstić information content (AvgIpc) is 1.86. The lowest BCUT2D eigenvalue weighted by Gasteiger charge is -1.98. The fraction of sp³-hybridized carbons (Fsp3) is 0.429. The van der Waals surface area contributed by atoms with Crippen LogP contribution in [0.5, 0.6) is 0 Å². The van der Waals surface area contributed by atoms with Crippen molar-refractivity contribution in [1.82, 2.24) is 0 Å². The number of allylic oxidation sites excluding steroid dienone is 1. The van der Waals surface area contributed by atoms with Crippen molar-refractivity contribution in [3.05, 3.63) is 11.8 Å². The third-order valence-electron chi connectivity index (χ3n) is 0.867. The smallest absolute Gasteiger partial charge is 0.356 e. The Hall–Kier alpha value is -1.32. The normalized spacial score (nSPS) is 10.9. The Morgan fingerprint density at radius 1 is 1.73 bits per heavy atom. The third-order valence-corrected chi connectivity index (χ3v) is 0.867. The minimum absolute atomic E-state index is 0.216. The molecule has 0 heterocycles. The molecule has 0 bridgehead atoms. The molecule has 0 rings (SSSR count). The van der Waals surface area contributed by atoms with Gasteiger partial charge in [0.1, 0.15) is 5.71 Å². The SMILES string of the molecule is CCOC(=O)C(=N)C=C(C)N. The fourth-order valence-electron chi connectivity index (χ4n) is 0.495. The van der Waals surface area contributed by atoms with E-state index < -0.39 is 5.97 Å². The molecule has 0 saturated carbocycles. The first-order valence-corrected chi connectivity index (χ1v) is 3.27. The summed E-state index contributed by atoms with van der Waals surface area (Å²) in [5.41, 5.74) is 5.44. The molecule has 0 unspecified atom stereocenters. The summed E-state index contributed by atoms with van der Waals surface area (Å²) < 4.78 is 4.54. The van der Waals surface area contributed by atoms with Crippen LogP contribution in [0.4, 0.5) is 0 Å². The Balaban J connectivity index is 4.05. The fourth-order valence-corrected chi connectivity index (χ4v) is 0.495. The van der Waals surface area contributed by atoms with Gasteiger partial charge in [0, 0.05) is 5.70 Å². The van der Waals surface area contributed by atoms with Crippen LogP contribution < -0.4 is 5.73 Å². The molecule has 0 radical (unpaired) electrons. The Bertz CT molecular complexity index is 193. The van der Waals surface area contributed by atoms with E-state index in [1.54, 1.807) is 13.8 Å². The highest BCUT2D eigenvalue weighted by Crippen LogP contribution is 1.87. The second kappa shape index (κ2) is 4.49. The first-order valence-electron chi connectivity index (χ1n) is 3.27. The van der Waals surface area contributed by atoms with Gasteiger partial charge >= 0.3 is 5.97 Å². The van der Waals surface area contributed by atoms with Gasteiger partial charge in [0.25, 0.3) is 0 Å². The standard InChI is InChI=1S/C7H12N2O2/c1-3-11-7(10)6(9)4-5(2)8/h4,9H,3,8H2,1-2H3. The highest BCUT2D eigenvalue weighted by atomic mass is 16.5. The summed E-state index contributed by atoms with van der Waals surface area (Å²) in [5.74, 6) is -0.641. The van der Waals surface area contributed by atoms with Crippen molar-refractivity contribution in [2.75, 3.05) is 6.61 Å². The molecular weight excluding hydrogens is 144 g/mol. The van der Waals surface area contributed by atoms with Crippen LogP contribution >= 0.6 is 0 Å². The number of esters is 1. The second-order valence-electron chi connectivity index (χ2n) is 2.02. The van der Waals surface area contributed by atoms with Crippen molar-refractivity contribution in [1.29, 1.82) is 5.41 Å². The molecule has 0 spiro atoms. The maximum absolute atomic E-state index is 10.7. The molecule has 4 nitrogen and oxygen atoms in total. The van der Waals surface area contributed by atoms with Crippen LogP contribution in [0.1, 0.15) is 13.8 Å². The van der Waals surface area contributed by atoms with E-state index in [1.165, 1.54) is 6.08 Å². The molecule has 4 heteroatoms. The van der Waals surface area contributed by atoms with Crippen molar-refractivity contribution in [2.45, 2.75) is 13.8 Å². The Morgan fingerprint density at radius 2 is 2.27 bits per heavy atom. The van der Waals surface area contributed by atoms with Crippen LogP contribution in [0.25, 0.3) is 0 Å². The minimum Gasteiger partial charge on any atom is -0.461 e. The number of hydrogen-bond donors (Lipinski definition) is 2. The molecule has 0 aliphatic carbocycles. The van der Waals surface area contributed by atoms with Crippen LogP contribution in [0, 0.1) is 5.41 Å². The molecular formula is C7H12N2O2. The highest BCUT2D eigenvalue weighted by molar-refractivity contribution is 6.39. The highest BCUT2D eigenvalue weighted by Gasteiger charge is 2.05. The Labute approximate surface area is 65.5 Å². The molecule has 0 aromatic rings. The van der Waals surface area contributed by atoms with Crippen LogP contribution in [0.15, 0.2) is 11.8 Å². The van der Waals surface area contributed by atoms with Crippen molar-refractivity contribution in [2.24, 2.45) is 5.73 Å². The van der Waals surface area contributed by atoms with Crippen molar-refractivity contribution in [3.8, 4) is 0 Å². The van der Waals surface area contributed by atoms with Crippen LogP contribution in [0.2, 0.25) is 0 Å². The summed E-state index contributed by atoms with van der Waals surface area (Å²) >= 11 is 0. The van der Waals surface area contributed by atoms with E-state index in [9.17, 15) is 4.79 Å². The molecule has 62 valence electrons. The summed E-state index contributed by atoms with van der Waals surface area (Å²) in [6, 6.07) is 0. The maximum atomic E-state index is 10.7. The molecule has 0 aromatic heterocycles. The predicted octanol–water partition coefficient (Wildman–Crippen LogP) is 0.432. The van der Waals surface area contributed by atoms with E-state index >= 15 is 0 Å². The quantitative estimate of drug-likeness (QED) is 0.459. The van der Waals surface area contributed by atoms with E-state index in [1.807, 2.05) is 0 Å². The molecule has 3 N–H and O–H groups in total. The molecule has 0 aromatic carbocycles. The van der Waals surface area contributed by atoms with Gasteiger partial charge in [-0.1, -0.05) is 0 Å². The number of rotatable bonds is 3. The monoisotopic (exact) mass is 156 g/mol. The number of nitrogens with two attached hydrogens (primary N) is 1. The molecule has 0 fully saturated rings. The van der Waals surface area contributed by atoms with Crippen molar-refractivity contribution < 1.29 is 9.53 Å². The topological polar surface area (TPSA) is 76.2 Å². The summed E-state index contributed by atoms with van der Waals surface area (Å²) in [4.78, 5) is 10.7. The molecule has 0 atom stereocenters. The minimum atomic E-state index is -0.641. The molecule has 0 amide bonds. The summed E-state index contributed by atoms with van der Waals surface area (Å²) in [6.07, 6.45) is 1.26. The van der Waals surface area contributed by atoms with Gasteiger partial charge in [-0.25, -0.2) is 4.79 Å². The summed E-state index contributed by atoms with van der Waals surface area (Å²) in [7, 11) is 0. The number of carbonyl (C=O) groups is 1. The number of nitrogens with one attached hydrogen (secondary N) is 1. The zero-order valence-corrected chi connectivity index (χ0v) is 6.68. The number of ether oxygens (including phenoxy) is 1. The van der Waals surface area contributed by atoms with Crippen LogP contribution in [-0.4, -0.2) is 18.3 Å². The van der Waals surface area contributed by atoms with E-state index in [0.29, 0.717) is 5.70 Å².